The van der Waals surface area contributed by atoms with Gasteiger partial charge in [-0.1, -0.05) is 13.3 Å². The molecule has 6 heteroatoms. The van der Waals surface area contributed by atoms with E-state index in [0.717, 1.165) is 24.2 Å². The Morgan fingerprint density at radius 3 is 2.42 bits per heavy atom. The molecule has 0 bridgehead atoms. The number of carbonyl (C=O) groups is 2. The summed E-state index contributed by atoms with van der Waals surface area (Å²) in [6.07, 6.45) is 5.33. The van der Waals surface area contributed by atoms with Gasteiger partial charge in [0.15, 0.2) is 0 Å². The molecule has 0 aliphatic rings. The second-order valence-electron chi connectivity index (χ2n) is 5.22. The van der Waals surface area contributed by atoms with Crippen LogP contribution in [0.1, 0.15) is 25.3 Å². The van der Waals surface area contributed by atoms with E-state index >= 15 is 0 Å². The van der Waals surface area contributed by atoms with Crippen molar-refractivity contribution in [3.8, 4) is 5.75 Å². The van der Waals surface area contributed by atoms with Crippen molar-refractivity contribution >= 4 is 17.5 Å². The molecule has 0 radical (unpaired) electrons. The molecule has 1 heterocycles. The number of anilines is 1. The fourth-order valence-electron chi connectivity index (χ4n) is 1.92. The topological polar surface area (TPSA) is 80.3 Å². The van der Waals surface area contributed by atoms with Gasteiger partial charge in [-0.05, 0) is 48.4 Å². The second-order valence-corrected chi connectivity index (χ2v) is 5.22. The van der Waals surface area contributed by atoms with E-state index in [4.69, 9.17) is 4.74 Å². The highest BCUT2D eigenvalue weighted by atomic mass is 16.5. The van der Waals surface area contributed by atoms with Gasteiger partial charge in [0.1, 0.15) is 5.75 Å². The number of pyridine rings is 1. The van der Waals surface area contributed by atoms with Crippen LogP contribution in [-0.4, -0.2) is 23.4 Å². The van der Waals surface area contributed by atoms with Crippen LogP contribution in [0.3, 0.4) is 0 Å². The number of nitrogens with one attached hydrogen (secondary N) is 2. The maximum Gasteiger partial charge on any atom is 0.313 e. The average molecular weight is 327 g/mol. The minimum absolute atomic E-state index is 0.277. The van der Waals surface area contributed by atoms with Gasteiger partial charge in [-0.15, -0.1) is 0 Å². The highest BCUT2D eigenvalue weighted by Crippen LogP contribution is 2.16. The first-order chi connectivity index (χ1) is 11.7. The molecule has 0 atom stereocenters. The predicted molar refractivity (Wildman–Crippen MR) is 91.6 cm³/mol. The molecule has 2 amide bonds. The third kappa shape index (κ3) is 5.72. The lowest BCUT2D eigenvalue weighted by Crippen LogP contribution is -2.34. The second kappa shape index (κ2) is 9.29. The Bertz CT molecular complexity index is 657. The summed E-state index contributed by atoms with van der Waals surface area (Å²) >= 11 is 0. The quantitative estimate of drug-likeness (QED) is 0.605. The lowest BCUT2D eigenvalue weighted by atomic mass is 10.2. The first kappa shape index (κ1) is 17.5. The number of nitrogens with zero attached hydrogens (tertiary/aromatic N) is 1. The van der Waals surface area contributed by atoms with E-state index in [1.807, 2.05) is 0 Å². The Morgan fingerprint density at radius 1 is 1.04 bits per heavy atom. The van der Waals surface area contributed by atoms with E-state index in [9.17, 15) is 9.59 Å². The number of hydrogen-bond acceptors (Lipinski definition) is 4. The van der Waals surface area contributed by atoms with Crippen molar-refractivity contribution in [2.45, 2.75) is 26.3 Å². The maximum absolute atomic E-state index is 11.9. The van der Waals surface area contributed by atoms with Gasteiger partial charge >= 0.3 is 11.8 Å². The number of aromatic nitrogens is 1. The van der Waals surface area contributed by atoms with Crippen LogP contribution in [0.2, 0.25) is 0 Å². The van der Waals surface area contributed by atoms with Gasteiger partial charge in [0.2, 0.25) is 0 Å². The molecule has 24 heavy (non-hydrogen) atoms. The van der Waals surface area contributed by atoms with Crippen LogP contribution in [0.25, 0.3) is 0 Å². The predicted octanol–water partition coefficient (Wildman–Crippen LogP) is 2.52. The normalized spacial score (nSPS) is 10.0. The smallest absolute Gasteiger partial charge is 0.313 e. The van der Waals surface area contributed by atoms with Crippen molar-refractivity contribution in [3.63, 3.8) is 0 Å². The standard InChI is InChI=1S/C18H21N3O3/c1-2-3-12-24-16-6-4-15(5-7-16)21-18(23)17(22)20-13-14-8-10-19-11-9-14/h4-11H,2-3,12-13H2,1H3,(H,20,22)(H,21,23). The van der Waals surface area contributed by atoms with Crippen molar-refractivity contribution in [1.29, 1.82) is 0 Å². The maximum atomic E-state index is 11.9. The molecule has 2 aromatic rings. The fourth-order valence-corrected chi connectivity index (χ4v) is 1.92. The van der Waals surface area contributed by atoms with E-state index in [-0.39, 0.29) is 6.54 Å². The Hall–Kier alpha value is -2.89. The number of amides is 2. The molecule has 0 spiro atoms. The van der Waals surface area contributed by atoms with Gasteiger partial charge in [0.05, 0.1) is 6.61 Å². The van der Waals surface area contributed by atoms with Crippen molar-refractivity contribution in [3.05, 3.63) is 54.4 Å². The number of rotatable bonds is 7. The molecule has 0 fully saturated rings. The van der Waals surface area contributed by atoms with Crippen LogP contribution in [0.15, 0.2) is 48.8 Å². The SMILES string of the molecule is CCCCOc1ccc(NC(=O)C(=O)NCc2ccncc2)cc1. The number of unbranched alkanes of at least 4 members (excludes halogenated alkanes) is 1. The number of carbonyl (C=O) groups excluding carboxylic acids is 2. The van der Waals surface area contributed by atoms with Gasteiger partial charge in [-0.3, -0.25) is 14.6 Å². The van der Waals surface area contributed by atoms with E-state index in [0.29, 0.717) is 12.3 Å². The van der Waals surface area contributed by atoms with E-state index < -0.39 is 11.8 Å². The lowest BCUT2D eigenvalue weighted by molar-refractivity contribution is -0.136. The monoisotopic (exact) mass is 327 g/mol. The molecule has 0 unspecified atom stereocenters. The first-order valence-electron chi connectivity index (χ1n) is 7.90. The zero-order chi connectivity index (χ0) is 17.2. The Morgan fingerprint density at radius 2 is 1.75 bits per heavy atom. The van der Waals surface area contributed by atoms with Crippen LogP contribution >= 0.6 is 0 Å². The summed E-state index contributed by atoms with van der Waals surface area (Å²) in [6, 6.07) is 10.5. The lowest BCUT2D eigenvalue weighted by Gasteiger charge is -2.08. The van der Waals surface area contributed by atoms with Gasteiger partial charge in [-0.2, -0.15) is 0 Å². The van der Waals surface area contributed by atoms with Crippen LogP contribution in [-0.2, 0) is 16.1 Å². The van der Waals surface area contributed by atoms with Crippen molar-refractivity contribution < 1.29 is 14.3 Å². The number of benzene rings is 1. The molecule has 126 valence electrons. The number of ether oxygens (including phenoxy) is 1. The molecule has 2 N–H and O–H groups in total. The fraction of sp³-hybridized carbons (Fsp3) is 0.278. The van der Waals surface area contributed by atoms with Gasteiger partial charge in [-0.25, -0.2) is 0 Å². The van der Waals surface area contributed by atoms with Crippen molar-refractivity contribution in [2.24, 2.45) is 0 Å². The highest BCUT2D eigenvalue weighted by Gasteiger charge is 2.13. The minimum atomic E-state index is -0.705. The van der Waals surface area contributed by atoms with Crippen LogP contribution < -0.4 is 15.4 Å². The summed E-state index contributed by atoms with van der Waals surface area (Å²) in [5.74, 6) is -0.651. The third-order valence-electron chi connectivity index (χ3n) is 3.29. The number of hydrogen-bond donors (Lipinski definition) is 2. The van der Waals surface area contributed by atoms with Gasteiger partial charge in [0.25, 0.3) is 0 Å². The van der Waals surface area contributed by atoms with E-state index in [1.165, 1.54) is 0 Å². The molecular formula is C18H21N3O3. The van der Waals surface area contributed by atoms with Gasteiger partial charge in [0, 0.05) is 24.6 Å². The zero-order valence-corrected chi connectivity index (χ0v) is 13.6. The molecule has 1 aromatic heterocycles. The van der Waals surface area contributed by atoms with Crippen LogP contribution in [0, 0.1) is 0 Å². The summed E-state index contributed by atoms with van der Waals surface area (Å²) < 4.78 is 5.54. The molecule has 0 saturated carbocycles. The van der Waals surface area contributed by atoms with Crippen molar-refractivity contribution in [1.82, 2.24) is 10.3 Å². The molecule has 2 rings (SSSR count). The molecule has 1 aromatic carbocycles. The van der Waals surface area contributed by atoms with Crippen LogP contribution in [0.4, 0.5) is 5.69 Å². The Labute approximate surface area is 141 Å². The third-order valence-corrected chi connectivity index (χ3v) is 3.29. The Kier molecular flexibility index (Phi) is 6.76. The zero-order valence-electron chi connectivity index (χ0n) is 13.6. The summed E-state index contributed by atoms with van der Waals surface area (Å²) in [6.45, 7) is 3.04. The highest BCUT2D eigenvalue weighted by molar-refractivity contribution is 6.39. The first-order valence-corrected chi connectivity index (χ1v) is 7.90. The summed E-state index contributed by atoms with van der Waals surface area (Å²) in [7, 11) is 0. The van der Waals surface area contributed by atoms with E-state index in [2.05, 4.69) is 22.5 Å². The van der Waals surface area contributed by atoms with Gasteiger partial charge < -0.3 is 15.4 Å². The Balaban J connectivity index is 1.79. The summed E-state index contributed by atoms with van der Waals surface area (Å²) in [5.41, 5.74) is 1.42. The molecule has 6 nitrogen and oxygen atoms in total. The molecule has 0 aliphatic carbocycles. The average Bonchev–Trinajstić information content (AvgIpc) is 2.62. The van der Waals surface area contributed by atoms with E-state index in [1.54, 1.807) is 48.8 Å². The minimum Gasteiger partial charge on any atom is -0.494 e. The molecular weight excluding hydrogens is 306 g/mol. The summed E-state index contributed by atoms with van der Waals surface area (Å²) in [4.78, 5) is 27.6. The molecule has 0 saturated heterocycles. The van der Waals surface area contributed by atoms with Crippen LogP contribution in [0.5, 0.6) is 5.75 Å². The summed E-state index contributed by atoms with van der Waals surface area (Å²) in [5, 5.41) is 5.11. The van der Waals surface area contributed by atoms with Crippen molar-refractivity contribution in [2.75, 3.05) is 11.9 Å². The molecule has 0 aliphatic heterocycles. The largest absolute Gasteiger partial charge is 0.494 e.